The van der Waals surface area contributed by atoms with Gasteiger partial charge < -0.3 is 4.55 Å². The molecule has 0 atom stereocenters. The number of imidazole rings is 1. The predicted molar refractivity (Wildman–Crippen MR) is 136 cm³/mol. The number of halogens is 9. The van der Waals surface area contributed by atoms with E-state index >= 15 is 0 Å². The molecule has 1 rings (SSSR count). The standard InChI is InChI=1S/C22H43N2.C4HF9O3S/c1-3-5-7-9-11-12-13-15-17-19-24-21-20-23(22-24)18-16-14-10-8-6-4-2;5-1(6,3(9,10)11)2(7,8)4(12,13)17(14,15)16/h20-22H,3-19H2,1-2H3;(H,14,15,16)/q+1;/p-1. The second-order valence-electron chi connectivity index (χ2n) is 10.1. The minimum atomic E-state index is -7.43. The minimum absolute atomic E-state index is 1.19. The highest BCUT2D eigenvalue weighted by molar-refractivity contribution is 7.86. The summed E-state index contributed by atoms with van der Waals surface area (Å²) in [7, 11) is -7.42. The maximum absolute atomic E-state index is 12.2. The lowest BCUT2D eigenvalue weighted by Gasteiger charge is -2.34. The van der Waals surface area contributed by atoms with Crippen LogP contribution in [0.3, 0.4) is 0 Å². The summed E-state index contributed by atoms with van der Waals surface area (Å²) in [5, 5.41) is -7.11. The highest BCUT2D eigenvalue weighted by atomic mass is 32.2. The Morgan fingerprint density at radius 1 is 0.659 bits per heavy atom. The Hall–Kier alpha value is -1.51. The Kier molecular flexibility index (Phi) is 17.5. The molecule has 0 aromatic carbocycles. The number of hydrogen-bond acceptors (Lipinski definition) is 3. The van der Waals surface area contributed by atoms with Crippen LogP contribution in [0.1, 0.15) is 110 Å². The normalized spacial score (nSPS) is 13.3. The molecular weight excluding hydrogens is 591 g/mol. The van der Waals surface area contributed by atoms with E-state index in [1.807, 2.05) is 0 Å². The molecule has 0 bridgehead atoms. The molecule has 0 aliphatic heterocycles. The van der Waals surface area contributed by atoms with E-state index in [4.69, 9.17) is 0 Å². The summed E-state index contributed by atoms with van der Waals surface area (Å²) in [5.41, 5.74) is 0. The Morgan fingerprint density at radius 2 is 1.07 bits per heavy atom. The summed E-state index contributed by atoms with van der Waals surface area (Å²) in [4.78, 5) is 0. The molecular formula is C26H43F9N2O3S. The molecule has 0 saturated heterocycles. The molecule has 244 valence electrons. The first kappa shape index (κ1) is 39.5. The fraction of sp³-hybridized carbons (Fsp3) is 0.885. The van der Waals surface area contributed by atoms with Gasteiger partial charge in [0.25, 0.3) is 0 Å². The molecule has 0 amide bonds. The van der Waals surface area contributed by atoms with Crippen LogP contribution in [-0.4, -0.2) is 40.8 Å². The highest BCUT2D eigenvalue weighted by Gasteiger charge is 2.83. The van der Waals surface area contributed by atoms with E-state index in [9.17, 15) is 52.5 Å². The van der Waals surface area contributed by atoms with Crippen LogP contribution < -0.4 is 4.57 Å². The first-order valence-corrected chi connectivity index (χ1v) is 15.5. The molecule has 41 heavy (non-hydrogen) atoms. The van der Waals surface area contributed by atoms with Crippen LogP contribution in [0.4, 0.5) is 39.5 Å². The average Bonchev–Trinajstić information content (AvgIpc) is 3.31. The number of rotatable bonds is 20. The summed E-state index contributed by atoms with van der Waals surface area (Å²) in [5.74, 6) is -14.8. The van der Waals surface area contributed by atoms with Gasteiger partial charge in [0.15, 0.2) is 10.1 Å². The van der Waals surface area contributed by atoms with Crippen LogP contribution in [0.15, 0.2) is 18.7 Å². The zero-order valence-corrected chi connectivity index (χ0v) is 24.5. The molecule has 0 unspecified atom stereocenters. The number of unbranched alkanes of at least 4 members (excludes halogenated alkanes) is 13. The van der Waals surface area contributed by atoms with Crippen molar-refractivity contribution in [2.75, 3.05) is 0 Å². The second kappa shape index (κ2) is 18.2. The van der Waals surface area contributed by atoms with Crippen LogP contribution in [-0.2, 0) is 23.2 Å². The van der Waals surface area contributed by atoms with Crippen LogP contribution in [0.2, 0.25) is 0 Å². The van der Waals surface area contributed by atoms with E-state index in [0.29, 0.717) is 0 Å². The van der Waals surface area contributed by atoms with Gasteiger partial charge in [-0.15, -0.1) is 0 Å². The van der Waals surface area contributed by atoms with E-state index in [2.05, 4.69) is 41.7 Å². The lowest BCUT2D eigenvalue weighted by atomic mass is 10.1. The van der Waals surface area contributed by atoms with Gasteiger partial charge in [-0.25, -0.2) is 17.6 Å². The molecule has 0 spiro atoms. The third-order valence-corrected chi connectivity index (χ3v) is 7.35. The molecule has 15 heteroatoms. The SMILES string of the molecule is CCCCCCCCCCC[n+]1ccn(CCCCCCCC)c1.O=S(=O)([O-])C(F)(F)C(F)(F)C(F)(F)C(F)(F)F. The summed E-state index contributed by atoms with van der Waals surface area (Å²) >= 11 is 0. The van der Waals surface area contributed by atoms with Gasteiger partial charge in [-0.05, 0) is 25.7 Å². The van der Waals surface area contributed by atoms with Crippen molar-refractivity contribution >= 4 is 10.1 Å². The average molecular weight is 635 g/mol. The summed E-state index contributed by atoms with van der Waals surface area (Å²) in [6.45, 7) is 6.96. The number of alkyl halides is 9. The lowest BCUT2D eigenvalue weighted by Crippen LogP contribution is -2.63. The third kappa shape index (κ3) is 13.1. The van der Waals surface area contributed by atoms with E-state index < -0.39 is 33.4 Å². The van der Waals surface area contributed by atoms with Gasteiger partial charge in [0, 0.05) is 0 Å². The maximum Gasteiger partial charge on any atom is 0.460 e. The van der Waals surface area contributed by atoms with E-state index in [1.54, 1.807) is 0 Å². The highest BCUT2D eigenvalue weighted by Crippen LogP contribution is 2.54. The molecule has 0 aliphatic carbocycles. The molecule has 0 aliphatic rings. The van der Waals surface area contributed by atoms with Gasteiger partial charge in [-0.1, -0.05) is 84.5 Å². The first-order valence-electron chi connectivity index (χ1n) is 14.1. The van der Waals surface area contributed by atoms with E-state index in [-0.39, 0.29) is 0 Å². The van der Waals surface area contributed by atoms with Crippen molar-refractivity contribution in [1.29, 1.82) is 0 Å². The van der Waals surface area contributed by atoms with Crippen LogP contribution >= 0.6 is 0 Å². The van der Waals surface area contributed by atoms with Gasteiger partial charge in [-0.2, -0.15) is 39.5 Å². The molecule has 1 aromatic heterocycles. The van der Waals surface area contributed by atoms with Crippen LogP contribution in [0.5, 0.6) is 0 Å². The first-order chi connectivity index (χ1) is 18.9. The van der Waals surface area contributed by atoms with Gasteiger partial charge in [0.2, 0.25) is 6.33 Å². The minimum Gasteiger partial charge on any atom is -0.743 e. The fourth-order valence-corrected chi connectivity index (χ4v) is 4.34. The topological polar surface area (TPSA) is 66.0 Å². The molecule has 5 nitrogen and oxygen atoms in total. The van der Waals surface area contributed by atoms with Crippen LogP contribution in [0.25, 0.3) is 0 Å². The van der Waals surface area contributed by atoms with Crippen molar-refractivity contribution in [3.8, 4) is 0 Å². The van der Waals surface area contributed by atoms with Gasteiger partial charge >= 0.3 is 23.3 Å². The van der Waals surface area contributed by atoms with Crippen molar-refractivity contribution in [2.24, 2.45) is 0 Å². The van der Waals surface area contributed by atoms with E-state index in [0.717, 1.165) is 0 Å². The zero-order valence-electron chi connectivity index (χ0n) is 23.7. The fourth-order valence-electron chi connectivity index (χ4n) is 3.90. The van der Waals surface area contributed by atoms with Crippen LogP contribution in [0, 0.1) is 0 Å². The number of aromatic nitrogens is 2. The smallest absolute Gasteiger partial charge is 0.460 e. The van der Waals surface area contributed by atoms with Crippen molar-refractivity contribution < 1.29 is 57.1 Å². The summed E-state index contributed by atoms with van der Waals surface area (Å²) in [6, 6.07) is 0. The largest absolute Gasteiger partial charge is 0.743 e. The predicted octanol–water partition coefficient (Wildman–Crippen LogP) is 8.62. The number of hydrogen-bond donors (Lipinski definition) is 0. The Labute approximate surface area is 237 Å². The third-order valence-electron chi connectivity index (χ3n) is 6.47. The Bertz CT molecular complexity index is 937. The summed E-state index contributed by atoms with van der Waals surface area (Å²) < 4.78 is 140. The van der Waals surface area contributed by atoms with E-state index in [1.165, 1.54) is 109 Å². The summed E-state index contributed by atoms with van der Waals surface area (Å²) in [6.07, 6.45) is 20.6. The number of nitrogens with zero attached hydrogens (tertiary/aromatic N) is 2. The number of aryl methyl sites for hydroxylation is 2. The maximum atomic E-state index is 12.2. The molecule has 0 radical (unpaired) electrons. The van der Waals surface area contributed by atoms with Crippen molar-refractivity contribution in [3.63, 3.8) is 0 Å². The van der Waals surface area contributed by atoms with Crippen molar-refractivity contribution in [2.45, 2.75) is 147 Å². The molecule has 1 heterocycles. The molecule has 0 N–H and O–H groups in total. The van der Waals surface area contributed by atoms with Gasteiger partial charge in [0.05, 0.1) is 13.1 Å². The molecule has 0 saturated carbocycles. The zero-order chi connectivity index (χ0) is 31.8. The quantitative estimate of drug-likeness (QED) is 0.0624. The Balaban J connectivity index is 0.000000831. The van der Waals surface area contributed by atoms with Crippen molar-refractivity contribution in [3.05, 3.63) is 18.7 Å². The monoisotopic (exact) mass is 634 g/mol. The second-order valence-corrected chi connectivity index (χ2v) is 11.5. The van der Waals surface area contributed by atoms with Gasteiger partial charge in [0.1, 0.15) is 12.4 Å². The Morgan fingerprint density at radius 3 is 1.49 bits per heavy atom. The molecule has 1 aromatic rings. The van der Waals surface area contributed by atoms with Crippen molar-refractivity contribution in [1.82, 2.24) is 4.57 Å². The lowest BCUT2D eigenvalue weighted by molar-refractivity contribution is -0.696. The van der Waals surface area contributed by atoms with Gasteiger partial charge in [-0.3, -0.25) is 0 Å². The molecule has 0 fully saturated rings.